The summed E-state index contributed by atoms with van der Waals surface area (Å²) in [6.45, 7) is 3.95. The SMILES string of the molecule is CCCSc1nc2n(n1)C(c1ccc(O)cc1)C(C(=O)Nc1ccccc1OC)=C(C)N2. The Labute approximate surface area is 190 Å². The van der Waals surface area contributed by atoms with Crippen molar-refractivity contribution in [3.63, 3.8) is 0 Å². The molecule has 0 fully saturated rings. The number of thioether (sulfide) groups is 1. The molecule has 1 unspecified atom stereocenters. The lowest BCUT2D eigenvalue weighted by atomic mass is 9.95. The molecule has 2 heterocycles. The first-order valence-electron chi connectivity index (χ1n) is 10.3. The smallest absolute Gasteiger partial charge is 0.255 e. The highest BCUT2D eigenvalue weighted by Gasteiger charge is 2.34. The average molecular weight is 452 g/mol. The molecule has 1 aromatic heterocycles. The number of phenolic OH excluding ortho intramolecular Hbond substituents is 1. The van der Waals surface area contributed by atoms with Gasteiger partial charge in [-0.1, -0.05) is 43.0 Å². The van der Waals surface area contributed by atoms with Crippen molar-refractivity contribution in [2.75, 3.05) is 23.5 Å². The van der Waals surface area contributed by atoms with Crippen molar-refractivity contribution >= 4 is 29.3 Å². The molecule has 4 rings (SSSR count). The fraction of sp³-hybridized carbons (Fsp3) is 0.261. The second kappa shape index (κ2) is 9.35. The summed E-state index contributed by atoms with van der Waals surface area (Å²) in [5, 5.41) is 21.3. The Kier molecular flexibility index (Phi) is 6.36. The van der Waals surface area contributed by atoms with Crippen molar-refractivity contribution in [2.24, 2.45) is 0 Å². The number of aromatic nitrogens is 3. The van der Waals surface area contributed by atoms with Gasteiger partial charge >= 0.3 is 0 Å². The van der Waals surface area contributed by atoms with Gasteiger partial charge in [-0.05, 0) is 43.2 Å². The minimum absolute atomic E-state index is 0.154. The maximum absolute atomic E-state index is 13.5. The van der Waals surface area contributed by atoms with Crippen LogP contribution in [0.3, 0.4) is 0 Å². The second-order valence-electron chi connectivity index (χ2n) is 7.32. The highest BCUT2D eigenvalue weighted by atomic mass is 32.2. The Balaban J connectivity index is 1.76. The first-order chi connectivity index (χ1) is 15.5. The van der Waals surface area contributed by atoms with Gasteiger partial charge in [0, 0.05) is 11.4 Å². The van der Waals surface area contributed by atoms with E-state index < -0.39 is 6.04 Å². The Morgan fingerprint density at radius 3 is 2.72 bits per heavy atom. The van der Waals surface area contributed by atoms with Crippen LogP contribution in [0.5, 0.6) is 11.5 Å². The summed E-state index contributed by atoms with van der Waals surface area (Å²) < 4.78 is 7.11. The van der Waals surface area contributed by atoms with E-state index >= 15 is 0 Å². The van der Waals surface area contributed by atoms with Crippen molar-refractivity contribution in [2.45, 2.75) is 31.5 Å². The van der Waals surface area contributed by atoms with Gasteiger partial charge in [-0.3, -0.25) is 4.79 Å². The number of fused-ring (bicyclic) bond motifs is 1. The number of hydrogen-bond acceptors (Lipinski definition) is 7. The number of allylic oxidation sites excluding steroid dienone is 1. The molecule has 0 saturated carbocycles. The zero-order chi connectivity index (χ0) is 22.7. The molecule has 166 valence electrons. The monoisotopic (exact) mass is 451 g/mol. The van der Waals surface area contributed by atoms with Gasteiger partial charge in [-0.25, -0.2) is 4.68 Å². The molecule has 1 atom stereocenters. The number of carbonyl (C=O) groups excluding carboxylic acids is 1. The number of nitrogens with zero attached hydrogens (tertiary/aromatic N) is 3. The molecule has 0 bridgehead atoms. The van der Waals surface area contributed by atoms with E-state index in [1.54, 1.807) is 60.0 Å². The lowest BCUT2D eigenvalue weighted by Crippen LogP contribution is -2.31. The van der Waals surface area contributed by atoms with Crippen molar-refractivity contribution < 1.29 is 14.6 Å². The molecule has 1 aliphatic rings. The summed E-state index contributed by atoms with van der Waals surface area (Å²) in [7, 11) is 1.56. The van der Waals surface area contributed by atoms with Crippen LogP contribution in [0.2, 0.25) is 0 Å². The Hall–Kier alpha value is -3.46. The molecule has 0 saturated heterocycles. The van der Waals surface area contributed by atoms with Gasteiger partial charge in [0.15, 0.2) is 0 Å². The van der Waals surface area contributed by atoms with Crippen LogP contribution in [0, 0.1) is 0 Å². The van der Waals surface area contributed by atoms with Crippen LogP contribution in [-0.2, 0) is 4.79 Å². The van der Waals surface area contributed by atoms with E-state index in [0.717, 1.165) is 17.7 Å². The molecule has 8 nitrogen and oxygen atoms in total. The number of methoxy groups -OCH3 is 1. The van der Waals surface area contributed by atoms with Gasteiger partial charge in [0.1, 0.15) is 17.5 Å². The number of hydrogen-bond donors (Lipinski definition) is 3. The van der Waals surface area contributed by atoms with E-state index in [2.05, 4.69) is 27.6 Å². The summed E-state index contributed by atoms with van der Waals surface area (Å²) in [6, 6.07) is 13.5. The zero-order valence-corrected chi connectivity index (χ0v) is 18.9. The molecule has 32 heavy (non-hydrogen) atoms. The number of para-hydroxylation sites is 2. The predicted molar refractivity (Wildman–Crippen MR) is 125 cm³/mol. The Morgan fingerprint density at radius 2 is 2.00 bits per heavy atom. The summed E-state index contributed by atoms with van der Waals surface area (Å²) in [4.78, 5) is 18.1. The minimum Gasteiger partial charge on any atom is -0.508 e. The number of carbonyl (C=O) groups is 1. The molecule has 0 spiro atoms. The van der Waals surface area contributed by atoms with Crippen LogP contribution < -0.4 is 15.4 Å². The third-order valence-corrected chi connectivity index (χ3v) is 6.12. The summed E-state index contributed by atoms with van der Waals surface area (Å²) in [5.41, 5.74) is 2.58. The maximum atomic E-state index is 13.5. The first kappa shape index (κ1) is 21.8. The molecule has 1 amide bonds. The van der Waals surface area contributed by atoms with Crippen LogP contribution in [-0.4, -0.2) is 38.6 Å². The molecule has 1 aliphatic heterocycles. The number of ether oxygens (including phenoxy) is 1. The van der Waals surface area contributed by atoms with E-state index in [-0.39, 0.29) is 11.7 Å². The minimum atomic E-state index is -0.509. The predicted octanol–water partition coefficient (Wildman–Crippen LogP) is 4.42. The lowest BCUT2D eigenvalue weighted by molar-refractivity contribution is -0.113. The number of aromatic hydroxyl groups is 1. The third-order valence-electron chi connectivity index (χ3n) is 5.08. The molecular weight excluding hydrogens is 426 g/mol. The fourth-order valence-electron chi connectivity index (χ4n) is 3.58. The zero-order valence-electron chi connectivity index (χ0n) is 18.1. The summed E-state index contributed by atoms with van der Waals surface area (Å²) >= 11 is 1.57. The first-order valence-corrected chi connectivity index (χ1v) is 11.3. The topological polar surface area (TPSA) is 101 Å². The van der Waals surface area contributed by atoms with Crippen LogP contribution in [0.4, 0.5) is 11.6 Å². The van der Waals surface area contributed by atoms with Crippen LogP contribution >= 0.6 is 11.8 Å². The normalized spacial score (nSPS) is 15.2. The summed E-state index contributed by atoms with van der Waals surface area (Å²) in [5.74, 6) is 1.93. The summed E-state index contributed by atoms with van der Waals surface area (Å²) in [6.07, 6.45) is 1.01. The highest BCUT2D eigenvalue weighted by molar-refractivity contribution is 7.99. The highest BCUT2D eigenvalue weighted by Crippen LogP contribution is 2.37. The fourth-order valence-corrected chi connectivity index (χ4v) is 4.27. The Bertz CT molecular complexity index is 1160. The number of anilines is 2. The quantitative estimate of drug-likeness (QED) is 0.457. The number of amides is 1. The van der Waals surface area contributed by atoms with Crippen LogP contribution in [0.25, 0.3) is 0 Å². The molecular formula is C23H25N5O3S. The number of rotatable bonds is 7. The van der Waals surface area contributed by atoms with Crippen LogP contribution in [0.1, 0.15) is 31.9 Å². The van der Waals surface area contributed by atoms with Crippen molar-refractivity contribution in [3.05, 3.63) is 65.4 Å². The van der Waals surface area contributed by atoms with Crippen molar-refractivity contribution in [1.82, 2.24) is 14.8 Å². The van der Waals surface area contributed by atoms with Gasteiger partial charge in [0.25, 0.3) is 5.91 Å². The van der Waals surface area contributed by atoms with Gasteiger partial charge in [-0.15, -0.1) is 5.10 Å². The lowest BCUT2D eigenvalue weighted by Gasteiger charge is -2.28. The molecule has 3 N–H and O–H groups in total. The molecule has 9 heteroatoms. The van der Waals surface area contributed by atoms with E-state index in [1.165, 1.54) is 0 Å². The van der Waals surface area contributed by atoms with Crippen molar-refractivity contribution in [3.8, 4) is 11.5 Å². The van der Waals surface area contributed by atoms with Gasteiger partial charge in [0.2, 0.25) is 11.1 Å². The van der Waals surface area contributed by atoms with Gasteiger partial charge in [-0.2, -0.15) is 4.98 Å². The second-order valence-corrected chi connectivity index (χ2v) is 8.39. The Morgan fingerprint density at radius 1 is 1.25 bits per heavy atom. The molecule has 3 aromatic rings. The van der Waals surface area contributed by atoms with Crippen LogP contribution in [0.15, 0.2) is 65.0 Å². The molecule has 0 radical (unpaired) electrons. The number of phenols is 1. The standard InChI is InChI=1S/C23H25N5O3S/c1-4-13-32-23-26-22-24-14(2)19(21(30)25-17-7-5-6-8-18(17)31-3)20(28(22)27-23)15-9-11-16(29)12-10-15/h5-12,20,29H,4,13H2,1-3H3,(H,25,30)(H,24,26,27). The van der Waals surface area contributed by atoms with Crippen molar-refractivity contribution in [1.29, 1.82) is 0 Å². The van der Waals surface area contributed by atoms with Gasteiger partial charge in [0.05, 0.1) is 18.4 Å². The van der Waals surface area contributed by atoms with E-state index in [0.29, 0.717) is 33.8 Å². The van der Waals surface area contributed by atoms with E-state index in [9.17, 15) is 9.90 Å². The third kappa shape index (κ3) is 4.29. The van der Waals surface area contributed by atoms with E-state index in [1.807, 2.05) is 19.1 Å². The van der Waals surface area contributed by atoms with Gasteiger partial charge < -0.3 is 20.5 Å². The largest absolute Gasteiger partial charge is 0.508 e. The molecule has 2 aromatic carbocycles. The number of nitrogens with one attached hydrogen (secondary N) is 2. The maximum Gasteiger partial charge on any atom is 0.255 e. The van der Waals surface area contributed by atoms with E-state index in [4.69, 9.17) is 4.74 Å². The average Bonchev–Trinajstić information content (AvgIpc) is 3.20. The molecule has 0 aliphatic carbocycles. The number of benzene rings is 2.